The number of hydrogen-bond donors (Lipinski definition) is 0. The molecule has 28 heavy (non-hydrogen) atoms. The Bertz CT molecular complexity index is 974. The normalized spacial score (nSPS) is 12.3. The summed E-state index contributed by atoms with van der Waals surface area (Å²) in [7, 11) is 0. The summed E-state index contributed by atoms with van der Waals surface area (Å²) in [6.45, 7) is 10.5. The van der Waals surface area contributed by atoms with E-state index in [1.54, 1.807) is 0 Å². The maximum atomic E-state index is 12.2. The van der Waals surface area contributed by atoms with Gasteiger partial charge in [0.05, 0.1) is 12.5 Å². The average molecular weight is 380 g/mol. The standard InChI is InChI=1S/C23H29N3O2/c1-6-9-20-25-21-15(4)14-16(5)24-22(21)26(20)18-12-10-17(11-13-18)19(7-2)23(27)28-8-3/h10-14,19H,6-9H2,1-5H3. The van der Waals surface area contributed by atoms with Crippen molar-refractivity contribution in [3.05, 3.63) is 53.0 Å². The summed E-state index contributed by atoms with van der Waals surface area (Å²) in [6.07, 6.45) is 2.62. The second-order valence-corrected chi connectivity index (χ2v) is 7.17. The number of aryl methyl sites for hydroxylation is 3. The summed E-state index contributed by atoms with van der Waals surface area (Å²) < 4.78 is 7.37. The number of nitrogens with zero attached hydrogens (tertiary/aromatic N) is 3. The molecule has 0 aliphatic rings. The summed E-state index contributed by atoms with van der Waals surface area (Å²) in [4.78, 5) is 21.9. The van der Waals surface area contributed by atoms with Crippen LogP contribution in [0.3, 0.4) is 0 Å². The SMILES string of the molecule is CCCc1nc2c(C)cc(C)nc2n1-c1ccc(C(CC)C(=O)OCC)cc1. The molecule has 3 rings (SSSR count). The number of rotatable bonds is 7. The Labute approximate surface area is 166 Å². The van der Waals surface area contributed by atoms with Crippen molar-refractivity contribution in [3.63, 3.8) is 0 Å². The van der Waals surface area contributed by atoms with Crippen LogP contribution < -0.4 is 0 Å². The number of carbonyl (C=O) groups is 1. The Kier molecular flexibility index (Phi) is 6.12. The van der Waals surface area contributed by atoms with Crippen LogP contribution in [0, 0.1) is 13.8 Å². The molecular formula is C23H29N3O2. The Morgan fingerprint density at radius 1 is 1.11 bits per heavy atom. The van der Waals surface area contributed by atoms with E-state index in [9.17, 15) is 4.79 Å². The van der Waals surface area contributed by atoms with Gasteiger partial charge in [0.2, 0.25) is 0 Å². The minimum Gasteiger partial charge on any atom is -0.466 e. The van der Waals surface area contributed by atoms with Crippen molar-refractivity contribution in [2.24, 2.45) is 0 Å². The van der Waals surface area contributed by atoms with Crippen LogP contribution in [0.25, 0.3) is 16.9 Å². The topological polar surface area (TPSA) is 57.0 Å². The molecule has 0 radical (unpaired) electrons. The summed E-state index contributed by atoms with van der Waals surface area (Å²) in [5.41, 5.74) is 5.97. The van der Waals surface area contributed by atoms with Crippen molar-refractivity contribution in [2.45, 2.75) is 59.8 Å². The lowest BCUT2D eigenvalue weighted by Crippen LogP contribution is -2.15. The molecule has 0 saturated carbocycles. The maximum Gasteiger partial charge on any atom is 0.313 e. The van der Waals surface area contributed by atoms with Crippen molar-refractivity contribution < 1.29 is 9.53 Å². The number of esters is 1. The van der Waals surface area contributed by atoms with E-state index in [1.807, 2.05) is 32.9 Å². The van der Waals surface area contributed by atoms with Crippen LogP contribution in [0.5, 0.6) is 0 Å². The zero-order chi connectivity index (χ0) is 20.3. The number of aromatic nitrogens is 3. The van der Waals surface area contributed by atoms with Gasteiger partial charge in [-0.2, -0.15) is 0 Å². The third-order valence-corrected chi connectivity index (χ3v) is 5.01. The summed E-state index contributed by atoms with van der Waals surface area (Å²) in [6, 6.07) is 10.2. The van der Waals surface area contributed by atoms with Gasteiger partial charge in [0.25, 0.3) is 0 Å². The van der Waals surface area contributed by atoms with Crippen LogP contribution >= 0.6 is 0 Å². The fourth-order valence-corrected chi connectivity index (χ4v) is 3.71. The van der Waals surface area contributed by atoms with Crippen molar-refractivity contribution in [1.29, 1.82) is 0 Å². The van der Waals surface area contributed by atoms with Crippen LogP contribution in [-0.4, -0.2) is 27.1 Å². The van der Waals surface area contributed by atoms with Crippen LogP contribution in [0.1, 0.15) is 62.2 Å². The van der Waals surface area contributed by atoms with Gasteiger partial charge in [-0.25, -0.2) is 9.97 Å². The molecule has 0 saturated heterocycles. The number of imidazole rings is 1. The number of carbonyl (C=O) groups excluding carboxylic acids is 1. The first kappa shape index (κ1) is 20.1. The van der Waals surface area contributed by atoms with Crippen molar-refractivity contribution in [3.8, 4) is 5.69 Å². The van der Waals surface area contributed by atoms with Gasteiger partial charge in [0.15, 0.2) is 5.65 Å². The summed E-state index contributed by atoms with van der Waals surface area (Å²) >= 11 is 0. The van der Waals surface area contributed by atoms with E-state index < -0.39 is 0 Å². The van der Waals surface area contributed by atoms with E-state index in [0.717, 1.165) is 52.3 Å². The molecule has 3 aromatic rings. The van der Waals surface area contributed by atoms with Crippen LogP contribution in [0.15, 0.2) is 30.3 Å². The van der Waals surface area contributed by atoms with Gasteiger partial charge < -0.3 is 4.74 Å². The molecule has 148 valence electrons. The molecule has 0 fully saturated rings. The molecule has 0 aliphatic carbocycles. The predicted molar refractivity (Wildman–Crippen MR) is 112 cm³/mol. The Morgan fingerprint density at radius 3 is 2.43 bits per heavy atom. The number of hydrogen-bond acceptors (Lipinski definition) is 4. The molecule has 0 bridgehead atoms. The van der Waals surface area contributed by atoms with E-state index in [1.165, 1.54) is 0 Å². The Morgan fingerprint density at radius 2 is 1.82 bits per heavy atom. The van der Waals surface area contributed by atoms with E-state index in [2.05, 4.69) is 36.6 Å². The highest BCUT2D eigenvalue weighted by Gasteiger charge is 2.21. The minimum atomic E-state index is -0.230. The third-order valence-electron chi connectivity index (χ3n) is 5.01. The van der Waals surface area contributed by atoms with Crippen LogP contribution in [0.4, 0.5) is 0 Å². The molecule has 5 heteroatoms. The minimum absolute atomic E-state index is 0.162. The van der Waals surface area contributed by atoms with Crippen LogP contribution in [0.2, 0.25) is 0 Å². The molecule has 1 atom stereocenters. The van der Waals surface area contributed by atoms with Crippen molar-refractivity contribution in [2.75, 3.05) is 6.61 Å². The van der Waals surface area contributed by atoms with E-state index in [-0.39, 0.29) is 11.9 Å². The quantitative estimate of drug-likeness (QED) is 0.539. The molecule has 0 aliphatic heterocycles. The smallest absolute Gasteiger partial charge is 0.313 e. The maximum absolute atomic E-state index is 12.2. The van der Waals surface area contributed by atoms with Crippen LogP contribution in [-0.2, 0) is 16.0 Å². The molecule has 2 aromatic heterocycles. The number of pyridine rings is 1. The second-order valence-electron chi connectivity index (χ2n) is 7.17. The van der Waals surface area contributed by atoms with Gasteiger partial charge in [-0.15, -0.1) is 0 Å². The number of ether oxygens (including phenoxy) is 1. The van der Waals surface area contributed by atoms with E-state index in [0.29, 0.717) is 13.0 Å². The van der Waals surface area contributed by atoms with Gasteiger partial charge in [-0.05, 0) is 62.9 Å². The molecule has 2 heterocycles. The largest absolute Gasteiger partial charge is 0.466 e. The highest BCUT2D eigenvalue weighted by atomic mass is 16.5. The lowest BCUT2D eigenvalue weighted by molar-refractivity contribution is -0.145. The van der Waals surface area contributed by atoms with E-state index in [4.69, 9.17) is 14.7 Å². The van der Waals surface area contributed by atoms with Gasteiger partial charge >= 0.3 is 5.97 Å². The second kappa shape index (κ2) is 8.55. The van der Waals surface area contributed by atoms with E-state index >= 15 is 0 Å². The van der Waals surface area contributed by atoms with Crippen molar-refractivity contribution in [1.82, 2.24) is 14.5 Å². The first-order valence-corrected chi connectivity index (χ1v) is 10.1. The van der Waals surface area contributed by atoms with Crippen molar-refractivity contribution >= 4 is 17.1 Å². The predicted octanol–water partition coefficient (Wildman–Crippen LogP) is 5.05. The summed E-state index contributed by atoms with van der Waals surface area (Å²) in [5.74, 6) is 0.626. The average Bonchev–Trinajstić information content (AvgIpc) is 3.02. The van der Waals surface area contributed by atoms with Gasteiger partial charge in [-0.3, -0.25) is 9.36 Å². The van der Waals surface area contributed by atoms with Gasteiger partial charge in [0.1, 0.15) is 11.3 Å². The third kappa shape index (κ3) is 3.79. The highest BCUT2D eigenvalue weighted by molar-refractivity contribution is 5.79. The first-order chi connectivity index (χ1) is 13.5. The molecule has 1 aromatic carbocycles. The Hall–Kier alpha value is -2.69. The Balaban J connectivity index is 2.07. The van der Waals surface area contributed by atoms with Gasteiger partial charge in [0, 0.05) is 17.8 Å². The molecule has 0 amide bonds. The monoisotopic (exact) mass is 379 g/mol. The zero-order valence-electron chi connectivity index (χ0n) is 17.5. The molecule has 5 nitrogen and oxygen atoms in total. The van der Waals surface area contributed by atoms with Gasteiger partial charge in [-0.1, -0.05) is 26.0 Å². The molecule has 0 N–H and O–H groups in total. The fourth-order valence-electron chi connectivity index (χ4n) is 3.71. The lowest BCUT2D eigenvalue weighted by Gasteiger charge is -2.15. The zero-order valence-corrected chi connectivity index (χ0v) is 17.5. The molecule has 1 unspecified atom stereocenters. The fraction of sp³-hybridized carbons (Fsp3) is 0.435. The highest BCUT2D eigenvalue weighted by Crippen LogP contribution is 2.27. The molecule has 0 spiro atoms. The first-order valence-electron chi connectivity index (χ1n) is 10.1. The summed E-state index contributed by atoms with van der Waals surface area (Å²) in [5, 5.41) is 0. The number of benzene rings is 1. The lowest BCUT2D eigenvalue weighted by atomic mass is 9.96. The molecular weight excluding hydrogens is 350 g/mol. The number of fused-ring (bicyclic) bond motifs is 1.